The Hall–Kier alpha value is -3.92. The lowest BCUT2D eigenvalue weighted by Crippen LogP contribution is -2.49. The third-order valence-corrected chi connectivity index (χ3v) is 7.05. The summed E-state index contributed by atoms with van der Waals surface area (Å²) in [5.74, 6) is 0.565. The molecule has 186 valence electrons. The van der Waals surface area contributed by atoms with Gasteiger partial charge in [-0.15, -0.1) is 0 Å². The van der Waals surface area contributed by atoms with Gasteiger partial charge in [-0.2, -0.15) is 0 Å². The number of halogens is 1. The van der Waals surface area contributed by atoms with Crippen LogP contribution >= 0.6 is 0 Å². The van der Waals surface area contributed by atoms with Crippen molar-refractivity contribution in [2.45, 2.75) is 44.3 Å². The molecule has 0 radical (unpaired) electrons. The minimum Gasteiger partial charge on any atom is -0.495 e. The number of amides is 1. The summed E-state index contributed by atoms with van der Waals surface area (Å²) in [6, 6.07) is 7.98. The first-order chi connectivity index (χ1) is 17.5. The largest absolute Gasteiger partial charge is 0.495 e. The molecule has 4 heterocycles. The van der Waals surface area contributed by atoms with Gasteiger partial charge in [0.25, 0.3) is 5.91 Å². The van der Waals surface area contributed by atoms with Crippen molar-refractivity contribution in [1.29, 1.82) is 0 Å². The van der Waals surface area contributed by atoms with E-state index >= 15 is 0 Å². The van der Waals surface area contributed by atoms with Crippen molar-refractivity contribution < 1.29 is 23.1 Å². The lowest BCUT2D eigenvalue weighted by atomic mass is 9.89. The van der Waals surface area contributed by atoms with Gasteiger partial charge in [-0.1, -0.05) is 0 Å². The molecule has 10 heteroatoms. The second-order valence-electron chi connectivity index (χ2n) is 9.25. The number of methoxy groups -OCH3 is 1. The lowest BCUT2D eigenvalue weighted by molar-refractivity contribution is -0.122. The zero-order valence-corrected chi connectivity index (χ0v) is 19.7. The van der Waals surface area contributed by atoms with Crippen LogP contribution in [0.5, 0.6) is 11.6 Å². The number of hydrogen-bond acceptors (Lipinski definition) is 7. The highest BCUT2D eigenvalue weighted by atomic mass is 19.1. The van der Waals surface area contributed by atoms with Crippen LogP contribution in [0.1, 0.15) is 31.4 Å². The second-order valence-corrected chi connectivity index (χ2v) is 9.25. The number of rotatable bonds is 5. The van der Waals surface area contributed by atoms with Crippen molar-refractivity contribution in [3.05, 3.63) is 58.5 Å². The molecule has 0 unspecified atom stereocenters. The number of nitrogens with zero attached hydrogens (tertiary/aromatic N) is 2. The molecule has 1 aliphatic heterocycles. The van der Waals surface area contributed by atoms with Crippen LogP contribution in [0, 0.1) is 5.82 Å². The first-order valence-corrected chi connectivity index (χ1v) is 12.0. The molecule has 36 heavy (non-hydrogen) atoms. The van der Waals surface area contributed by atoms with Crippen LogP contribution in [0.3, 0.4) is 0 Å². The molecule has 6 rings (SSSR count). The van der Waals surface area contributed by atoms with Gasteiger partial charge in [0, 0.05) is 35.8 Å². The molecule has 2 N–H and O–H groups in total. The number of aromatic nitrogens is 2. The Morgan fingerprint density at radius 1 is 1.17 bits per heavy atom. The molecule has 1 aliphatic carbocycles. The van der Waals surface area contributed by atoms with Gasteiger partial charge < -0.3 is 29.1 Å². The Morgan fingerprint density at radius 3 is 2.81 bits per heavy atom. The molecule has 3 aromatic heterocycles. The molecule has 0 spiro atoms. The molecule has 1 amide bonds. The highest BCUT2D eigenvalue weighted by Crippen LogP contribution is 2.37. The molecule has 0 bridgehead atoms. The minimum absolute atomic E-state index is 0.0164. The Morgan fingerprint density at radius 2 is 2.00 bits per heavy atom. The van der Waals surface area contributed by atoms with Crippen molar-refractivity contribution >= 4 is 33.5 Å². The molecular formula is C26H25FN4O5. The molecular weight excluding hydrogens is 467 g/mol. The molecule has 0 atom stereocenters. The quantitative estimate of drug-likeness (QED) is 0.409. The third-order valence-electron chi connectivity index (χ3n) is 7.05. The molecule has 2 aliphatic rings. The monoisotopic (exact) mass is 492 g/mol. The lowest BCUT2D eigenvalue weighted by Gasteiger charge is -2.39. The average Bonchev–Trinajstić information content (AvgIpc) is 3.33. The van der Waals surface area contributed by atoms with Crippen LogP contribution < -0.4 is 25.3 Å². The van der Waals surface area contributed by atoms with E-state index in [2.05, 4.69) is 15.3 Å². The maximum Gasteiger partial charge on any atom is 0.345 e. The van der Waals surface area contributed by atoms with E-state index < -0.39 is 5.63 Å². The maximum atomic E-state index is 13.8. The van der Waals surface area contributed by atoms with E-state index in [0.717, 1.165) is 31.4 Å². The number of H-pyrrole nitrogens is 1. The zero-order chi connectivity index (χ0) is 24.8. The number of carbonyl (C=O) groups excluding carboxylic acids is 1. The van der Waals surface area contributed by atoms with Crippen LogP contribution in [-0.2, 0) is 11.3 Å². The van der Waals surface area contributed by atoms with E-state index in [1.165, 1.54) is 18.2 Å². The van der Waals surface area contributed by atoms with E-state index in [-0.39, 0.29) is 30.4 Å². The Kier molecular flexibility index (Phi) is 5.60. The standard InChI is InChI=1S/C26H25FN4O5/c1-34-18-10-21-25(29-12-18)35-13-23(32)31(21)17-5-3-15(4-6-17)28-11-16-9-20-24(30-16)19-8-14(27)2-7-22(19)36-26(20)33/h2,7-10,12,15,17,28,30H,3-6,11,13H2,1H3. The van der Waals surface area contributed by atoms with Crippen LogP contribution in [0.15, 0.2) is 45.7 Å². The Labute approximate surface area is 205 Å². The fourth-order valence-electron chi connectivity index (χ4n) is 5.26. The number of aromatic amines is 1. The molecule has 4 aromatic rings. The number of nitrogens with one attached hydrogen (secondary N) is 2. The molecule has 1 saturated carbocycles. The molecule has 9 nitrogen and oxygen atoms in total. The van der Waals surface area contributed by atoms with Gasteiger partial charge >= 0.3 is 5.63 Å². The predicted molar refractivity (Wildman–Crippen MR) is 131 cm³/mol. The van der Waals surface area contributed by atoms with Crippen molar-refractivity contribution in [3.63, 3.8) is 0 Å². The van der Waals surface area contributed by atoms with Gasteiger partial charge in [-0.05, 0) is 49.9 Å². The van der Waals surface area contributed by atoms with Gasteiger partial charge in [0.2, 0.25) is 5.88 Å². The SMILES string of the molecule is COc1cnc2c(c1)N(C1CCC(NCc3cc4c(=O)oc5ccc(F)cc5c4[nH]3)CC1)C(=O)CO2. The van der Waals surface area contributed by atoms with Crippen LogP contribution in [-0.4, -0.2) is 41.7 Å². The van der Waals surface area contributed by atoms with Gasteiger partial charge in [0.1, 0.15) is 22.8 Å². The van der Waals surface area contributed by atoms with Crippen LogP contribution in [0.25, 0.3) is 21.9 Å². The molecule has 1 aromatic carbocycles. The average molecular weight is 493 g/mol. The van der Waals surface area contributed by atoms with Gasteiger partial charge in [-0.3, -0.25) is 4.79 Å². The predicted octanol–water partition coefficient (Wildman–Crippen LogP) is 3.64. The normalized spacial score (nSPS) is 19.9. The number of pyridine rings is 1. The maximum absolute atomic E-state index is 13.8. The molecule has 0 saturated heterocycles. The van der Waals surface area contributed by atoms with E-state index in [0.29, 0.717) is 45.7 Å². The summed E-state index contributed by atoms with van der Waals surface area (Å²) in [4.78, 5) is 34.5. The first kappa shape index (κ1) is 22.5. The fraction of sp³-hybridized carbons (Fsp3) is 0.346. The number of anilines is 1. The number of benzene rings is 1. The highest BCUT2D eigenvalue weighted by Gasteiger charge is 2.35. The van der Waals surface area contributed by atoms with E-state index in [4.69, 9.17) is 13.9 Å². The van der Waals surface area contributed by atoms with Crippen LogP contribution in [0.4, 0.5) is 10.1 Å². The summed E-state index contributed by atoms with van der Waals surface area (Å²) in [5.41, 5.74) is 1.96. The Balaban J connectivity index is 1.14. The van der Waals surface area contributed by atoms with Gasteiger partial charge in [-0.25, -0.2) is 14.2 Å². The third kappa shape index (κ3) is 3.97. The smallest absolute Gasteiger partial charge is 0.345 e. The Bertz CT molecular complexity index is 1520. The van der Waals surface area contributed by atoms with Crippen LogP contribution in [0.2, 0.25) is 0 Å². The van der Waals surface area contributed by atoms with Crippen molar-refractivity contribution in [2.75, 3.05) is 18.6 Å². The summed E-state index contributed by atoms with van der Waals surface area (Å²) in [6.45, 7) is 0.512. The minimum atomic E-state index is -0.450. The van der Waals surface area contributed by atoms with E-state index in [9.17, 15) is 14.0 Å². The van der Waals surface area contributed by atoms with Crippen molar-refractivity contribution in [2.24, 2.45) is 0 Å². The van der Waals surface area contributed by atoms with E-state index in [1.807, 2.05) is 4.90 Å². The number of hydrogen-bond donors (Lipinski definition) is 2. The van der Waals surface area contributed by atoms with Gasteiger partial charge in [0.05, 0.1) is 24.2 Å². The summed E-state index contributed by atoms with van der Waals surface area (Å²) in [6.07, 6.45) is 5.03. The topological polar surface area (TPSA) is 110 Å². The summed E-state index contributed by atoms with van der Waals surface area (Å²) >= 11 is 0. The fourth-order valence-corrected chi connectivity index (χ4v) is 5.26. The number of fused-ring (bicyclic) bond motifs is 4. The second kappa shape index (κ2) is 8.94. The number of carbonyl (C=O) groups is 1. The van der Waals surface area contributed by atoms with Crippen molar-refractivity contribution in [1.82, 2.24) is 15.3 Å². The summed E-state index contributed by atoms with van der Waals surface area (Å²) < 4.78 is 29.9. The molecule has 1 fully saturated rings. The highest BCUT2D eigenvalue weighted by molar-refractivity contribution is 6.02. The zero-order valence-electron chi connectivity index (χ0n) is 19.7. The summed E-state index contributed by atoms with van der Waals surface area (Å²) in [5, 5.41) is 4.50. The van der Waals surface area contributed by atoms with E-state index in [1.54, 1.807) is 25.4 Å². The summed E-state index contributed by atoms with van der Waals surface area (Å²) in [7, 11) is 1.57. The van der Waals surface area contributed by atoms with Crippen molar-refractivity contribution in [3.8, 4) is 11.6 Å². The first-order valence-electron chi connectivity index (χ1n) is 12.0. The number of ether oxygens (including phenoxy) is 2. The van der Waals surface area contributed by atoms with Gasteiger partial charge in [0.15, 0.2) is 6.61 Å².